The van der Waals surface area contributed by atoms with Gasteiger partial charge in [-0.1, -0.05) is 41.9 Å². The van der Waals surface area contributed by atoms with Gasteiger partial charge in [0.1, 0.15) is 0 Å². The largest absolute Gasteiger partial charge is 0.501 e. The van der Waals surface area contributed by atoms with Gasteiger partial charge in [0.15, 0.2) is 0 Å². The Balaban J connectivity index is 2.06. The molecule has 0 aliphatic heterocycles. The van der Waals surface area contributed by atoms with Gasteiger partial charge in [-0.05, 0) is 29.8 Å². The molecule has 0 saturated carbocycles. The number of anilines is 1. The fraction of sp³-hybridized carbons (Fsp3) is 0. The zero-order valence-electron chi connectivity index (χ0n) is 12.1. The van der Waals surface area contributed by atoms with Gasteiger partial charge in [0.25, 0.3) is 10.0 Å². The van der Waals surface area contributed by atoms with Crippen LogP contribution in [0.1, 0.15) is 0 Å². The van der Waals surface area contributed by atoms with Gasteiger partial charge in [0.2, 0.25) is 11.6 Å². The Morgan fingerprint density at radius 3 is 2.21 bits per heavy atom. The van der Waals surface area contributed by atoms with Crippen molar-refractivity contribution in [3.05, 3.63) is 59.6 Å². The summed E-state index contributed by atoms with van der Waals surface area (Å²) < 4.78 is 32.0. The second-order valence-corrected chi connectivity index (χ2v) is 7.00. The maximum absolute atomic E-state index is 12.4. The Bertz CT molecular complexity index is 966. The number of hydrogen-bond donors (Lipinski definition) is 3. The van der Waals surface area contributed by atoms with E-state index in [1.165, 1.54) is 12.1 Å². The minimum Gasteiger partial charge on any atom is -0.501 e. The molecule has 3 N–H and O–H groups in total. The van der Waals surface area contributed by atoms with Gasteiger partial charge in [0, 0.05) is 5.02 Å². The molecular formula is C16H12ClNO5S. The summed E-state index contributed by atoms with van der Waals surface area (Å²) in [4.78, 5) is 0.0161. The van der Waals surface area contributed by atoms with Crippen LogP contribution < -0.4 is 4.72 Å². The molecule has 0 fully saturated rings. The molecule has 6 nitrogen and oxygen atoms in total. The summed E-state index contributed by atoms with van der Waals surface area (Å²) in [5.41, 5.74) is 0.440. The molecule has 0 bridgehead atoms. The van der Waals surface area contributed by atoms with Gasteiger partial charge in [-0.25, -0.2) is 13.1 Å². The first-order valence-electron chi connectivity index (χ1n) is 6.77. The highest BCUT2D eigenvalue weighted by molar-refractivity contribution is 7.92. The second-order valence-electron chi connectivity index (χ2n) is 4.89. The molecule has 0 radical (unpaired) electrons. The van der Waals surface area contributed by atoms with E-state index in [4.69, 9.17) is 16.0 Å². The van der Waals surface area contributed by atoms with E-state index >= 15 is 0 Å². The Hall–Kier alpha value is -2.64. The molecule has 3 rings (SSSR count). The molecule has 0 spiro atoms. The van der Waals surface area contributed by atoms with Crippen LogP contribution in [0.3, 0.4) is 0 Å². The van der Waals surface area contributed by atoms with Crippen molar-refractivity contribution in [3.8, 4) is 22.8 Å². The van der Waals surface area contributed by atoms with Crippen LogP contribution in [0.25, 0.3) is 11.1 Å². The lowest BCUT2D eigenvalue weighted by Gasteiger charge is -2.07. The average molecular weight is 366 g/mol. The third kappa shape index (κ3) is 3.04. The SMILES string of the molecule is O=S(=O)(Nc1oc(O)c(O)c1-c1ccc(Cl)cc1)c1ccccc1. The van der Waals surface area contributed by atoms with Crippen molar-refractivity contribution < 1.29 is 23.0 Å². The van der Waals surface area contributed by atoms with Crippen LogP contribution in [0.15, 0.2) is 63.9 Å². The number of aromatic hydroxyl groups is 2. The molecule has 0 atom stereocenters. The first-order valence-corrected chi connectivity index (χ1v) is 8.63. The second kappa shape index (κ2) is 6.10. The molecular weight excluding hydrogens is 354 g/mol. The van der Waals surface area contributed by atoms with Crippen molar-refractivity contribution in [1.29, 1.82) is 0 Å². The predicted molar refractivity (Wildman–Crippen MR) is 89.7 cm³/mol. The van der Waals surface area contributed by atoms with Crippen LogP contribution in [0.4, 0.5) is 5.88 Å². The highest BCUT2D eigenvalue weighted by Gasteiger charge is 2.25. The lowest BCUT2D eigenvalue weighted by molar-refractivity contribution is 0.311. The molecule has 0 amide bonds. The van der Waals surface area contributed by atoms with Gasteiger partial charge in [-0.15, -0.1) is 0 Å². The maximum Gasteiger partial charge on any atom is 0.328 e. The highest BCUT2D eigenvalue weighted by Crippen LogP contribution is 2.46. The molecule has 0 aliphatic rings. The summed E-state index contributed by atoms with van der Waals surface area (Å²) in [5.74, 6) is -1.65. The van der Waals surface area contributed by atoms with E-state index in [-0.39, 0.29) is 16.3 Å². The first-order chi connectivity index (χ1) is 11.4. The number of benzene rings is 2. The van der Waals surface area contributed by atoms with E-state index in [0.717, 1.165) is 0 Å². The molecule has 3 aromatic rings. The number of furan rings is 1. The summed E-state index contributed by atoms with van der Waals surface area (Å²) in [6, 6.07) is 13.9. The third-order valence-corrected chi connectivity index (χ3v) is 4.88. The molecule has 0 unspecified atom stereocenters. The van der Waals surface area contributed by atoms with Crippen molar-refractivity contribution in [2.45, 2.75) is 4.90 Å². The molecule has 24 heavy (non-hydrogen) atoms. The first kappa shape index (κ1) is 16.2. The van der Waals surface area contributed by atoms with Gasteiger partial charge in [0.05, 0.1) is 10.5 Å². The lowest BCUT2D eigenvalue weighted by atomic mass is 10.1. The predicted octanol–water partition coefficient (Wildman–Crippen LogP) is 3.81. The fourth-order valence-corrected chi connectivity index (χ4v) is 3.29. The lowest BCUT2D eigenvalue weighted by Crippen LogP contribution is -2.12. The van der Waals surface area contributed by atoms with E-state index < -0.39 is 21.7 Å². The van der Waals surface area contributed by atoms with Crippen LogP contribution in [-0.2, 0) is 10.0 Å². The Morgan fingerprint density at radius 2 is 1.58 bits per heavy atom. The summed E-state index contributed by atoms with van der Waals surface area (Å²) in [5, 5.41) is 20.1. The summed E-state index contributed by atoms with van der Waals surface area (Å²) in [7, 11) is -3.95. The fourth-order valence-electron chi connectivity index (χ4n) is 2.15. The minimum absolute atomic E-state index is 0.0161. The van der Waals surface area contributed by atoms with Gasteiger partial charge >= 0.3 is 5.95 Å². The van der Waals surface area contributed by atoms with Crippen LogP contribution in [-0.4, -0.2) is 18.6 Å². The number of nitrogens with one attached hydrogen (secondary N) is 1. The van der Waals surface area contributed by atoms with Crippen molar-refractivity contribution in [1.82, 2.24) is 0 Å². The molecule has 1 heterocycles. The molecule has 0 aliphatic carbocycles. The van der Waals surface area contributed by atoms with Crippen molar-refractivity contribution >= 4 is 27.5 Å². The van der Waals surface area contributed by atoms with E-state index in [0.29, 0.717) is 10.6 Å². The highest BCUT2D eigenvalue weighted by atomic mass is 35.5. The summed E-state index contributed by atoms with van der Waals surface area (Å²) in [6.45, 7) is 0. The van der Waals surface area contributed by atoms with Crippen LogP contribution in [0.5, 0.6) is 11.7 Å². The Kier molecular flexibility index (Phi) is 4.13. The van der Waals surface area contributed by atoms with E-state index in [2.05, 4.69) is 4.72 Å². The van der Waals surface area contributed by atoms with Crippen LogP contribution >= 0.6 is 11.6 Å². The topological polar surface area (TPSA) is 99.8 Å². The third-order valence-electron chi connectivity index (χ3n) is 3.28. The molecule has 2 aromatic carbocycles. The molecule has 1 aromatic heterocycles. The van der Waals surface area contributed by atoms with Gasteiger partial charge in [-0.3, -0.25) is 0 Å². The number of sulfonamides is 1. The van der Waals surface area contributed by atoms with Gasteiger partial charge in [-0.2, -0.15) is 0 Å². The number of rotatable bonds is 4. The van der Waals surface area contributed by atoms with Gasteiger partial charge < -0.3 is 14.6 Å². The summed E-state index contributed by atoms with van der Waals surface area (Å²) >= 11 is 5.82. The summed E-state index contributed by atoms with van der Waals surface area (Å²) in [6.07, 6.45) is 0. The normalized spacial score (nSPS) is 11.4. The quantitative estimate of drug-likeness (QED) is 0.652. The van der Waals surface area contributed by atoms with E-state index in [1.54, 1.807) is 42.5 Å². The monoisotopic (exact) mass is 365 g/mol. The average Bonchev–Trinajstić information content (AvgIpc) is 2.83. The smallest absolute Gasteiger partial charge is 0.328 e. The Labute approximate surface area is 143 Å². The van der Waals surface area contributed by atoms with Crippen molar-refractivity contribution in [2.24, 2.45) is 0 Å². The van der Waals surface area contributed by atoms with Crippen molar-refractivity contribution in [2.75, 3.05) is 4.72 Å². The number of halogens is 1. The standard InChI is InChI=1S/C16H12ClNO5S/c17-11-8-6-10(7-9-11)13-14(19)16(20)23-15(13)18-24(21,22)12-4-2-1-3-5-12/h1-9,18-20H. The minimum atomic E-state index is -3.95. The molecule has 0 saturated heterocycles. The van der Waals surface area contributed by atoms with Crippen molar-refractivity contribution in [3.63, 3.8) is 0 Å². The van der Waals surface area contributed by atoms with Crippen LogP contribution in [0, 0.1) is 0 Å². The number of hydrogen-bond acceptors (Lipinski definition) is 5. The van der Waals surface area contributed by atoms with E-state index in [9.17, 15) is 18.6 Å². The zero-order valence-corrected chi connectivity index (χ0v) is 13.7. The Morgan fingerprint density at radius 1 is 0.958 bits per heavy atom. The molecule has 124 valence electrons. The molecule has 8 heteroatoms. The zero-order chi connectivity index (χ0) is 17.3. The van der Waals surface area contributed by atoms with Crippen LogP contribution in [0.2, 0.25) is 5.02 Å². The maximum atomic E-state index is 12.4. The van der Waals surface area contributed by atoms with E-state index in [1.807, 2.05) is 0 Å².